The lowest BCUT2D eigenvalue weighted by Gasteiger charge is -2.33. The van der Waals surface area contributed by atoms with Gasteiger partial charge in [0.15, 0.2) is 0 Å². The van der Waals surface area contributed by atoms with Gasteiger partial charge >= 0.3 is 0 Å². The minimum atomic E-state index is -0.503. The van der Waals surface area contributed by atoms with E-state index in [1.807, 2.05) is 30.3 Å². The van der Waals surface area contributed by atoms with E-state index in [0.717, 1.165) is 61.3 Å². The van der Waals surface area contributed by atoms with Gasteiger partial charge in [0.2, 0.25) is 11.8 Å². The van der Waals surface area contributed by atoms with E-state index in [1.54, 1.807) is 0 Å². The van der Waals surface area contributed by atoms with Gasteiger partial charge in [0.25, 0.3) is 0 Å². The Balaban J connectivity index is 1.21. The number of rotatable bonds is 7. The standard InChI is InChI=1S/C26H33N3O3/c1-18(30)27-23-8-4-19(5-9-23)2-3-20-12-14-29(15-13-20)17-25(31)22-6-10-24-21(16-22)7-11-26(32)28-24/h4-6,8-10,16,20,25,31H,2-3,7,11-15,17H2,1H3,(H,27,30)(H,28,32). The number of fused-ring (bicyclic) bond motifs is 1. The summed E-state index contributed by atoms with van der Waals surface area (Å²) in [7, 11) is 0. The minimum absolute atomic E-state index is 0.0465. The van der Waals surface area contributed by atoms with E-state index in [2.05, 4.69) is 27.7 Å². The number of benzene rings is 2. The molecule has 6 heteroatoms. The van der Waals surface area contributed by atoms with Gasteiger partial charge in [-0.25, -0.2) is 0 Å². The Morgan fingerprint density at radius 2 is 1.91 bits per heavy atom. The van der Waals surface area contributed by atoms with Crippen molar-refractivity contribution >= 4 is 23.2 Å². The molecule has 0 aliphatic carbocycles. The number of piperidine rings is 1. The average Bonchev–Trinajstić information content (AvgIpc) is 2.79. The second-order valence-electron chi connectivity index (χ2n) is 9.14. The van der Waals surface area contributed by atoms with Crippen LogP contribution in [-0.2, 0) is 22.4 Å². The van der Waals surface area contributed by atoms with E-state index in [0.29, 0.717) is 18.9 Å². The van der Waals surface area contributed by atoms with Gasteiger partial charge < -0.3 is 20.6 Å². The van der Waals surface area contributed by atoms with Crippen molar-refractivity contribution in [3.8, 4) is 0 Å². The van der Waals surface area contributed by atoms with Crippen molar-refractivity contribution in [2.75, 3.05) is 30.3 Å². The van der Waals surface area contributed by atoms with Crippen LogP contribution in [0.3, 0.4) is 0 Å². The molecule has 1 atom stereocenters. The first-order valence-corrected chi connectivity index (χ1v) is 11.7. The lowest BCUT2D eigenvalue weighted by Crippen LogP contribution is -2.36. The molecule has 0 saturated carbocycles. The first-order chi connectivity index (χ1) is 15.5. The summed E-state index contributed by atoms with van der Waals surface area (Å²) in [4.78, 5) is 25.0. The molecule has 2 aromatic rings. The highest BCUT2D eigenvalue weighted by molar-refractivity contribution is 5.93. The fraction of sp³-hybridized carbons (Fsp3) is 0.462. The average molecular weight is 436 g/mol. The molecule has 32 heavy (non-hydrogen) atoms. The number of carbonyl (C=O) groups is 2. The maximum atomic E-state index is 11.5. The van der Waals surface area contributed by atoms with Crippen LogP contribution in [0.15, 0.2) is 42.5 Å². The molecule has 0 radical (unpaired) electrons. The number of carbonyl (C=O) groups excluding carboxylic acids is 2. The third-order valence-corrected chi connectivity index (χ3v) is 6.66. The fourth-order valence-corrected chi connectivity index (χ4v) is 4.75. The summed E-state index contributed by atoms with van der Waals surface area (Å²) in [5.74, 6) is 0.733. The van der Waals surface area contributed by atoms with E-state index in [9.17, 15) is 14.7 Å². The largest absolute Gasteiger partial charge is 0.387 e. The molecule has 3 N–H and O–H groups in total. The molecule has 2 amide bonds. The van der Waals surface area contributed by atoms with Crippen LogP contribution in [0.5, 0.6) is 0 Å². The summed E-state index contributed by atoms with van der Waals surface area (Å²) < 4.78 is 0. The monoisotopic (exact) mass is 435 g/mol. The topological polar surface area (TPSA) is 81.7 Å². The lowest BCUT2D eigenvalue weighted by atomic mass is 9.90. The van der Waals surface area contributed by atoms with Crippen molar-refractivity contribution < 1.29 is 14.7 Å². The molecular weight excluding hydrogens is 402 g/mol. The van der Waals surface area contributed by atoms with E-state index >= 15 is 0 Å². The van der Waals surface area contributed by atoms with E-state index in [4.69, 9.17) is 0 Å². The Hall–Kier alpha value is -2.70. The Labute approximate surface area is 190 Å². The van der Waals surface area contributed by atoms with Crippen molar-refractivity contribution in [2.24, 2.45) is 5.92 Å². The van der Waals surface area contributed by atoms with Crippen LogP contribution in [-0.4, -0.2) is 41.5 Å². The molecule has 2 heterocycles. The van der Waals surface area contributed by atoms with E-state index in [-0.39, 0.29) is 11.8 Å². The van der Waals surface area contributed by atoms with Gasteiger partial charge in [0, 0.05) is 31.3 Å². The zero-order valence-corrected chi connectivity index (χ0v) is 18.8. The molecule has 2 aliphatic rings. The Morgan fingerprint density at radius 3 is 2.62 bits per heavy atom. The van der Waals surface area contributed by atoms with Crippen LogP contribution in [0.4, 0.5) is 11.4 Å². The normalized spacial score (nSPS) is 18.0. The predicted molar refractivity (Wildman–Crippen MR) is 127 cm³/mol. The van der Waals surface area contributed by atoms with Gasteiger partial charge in [0.05, 0.1) is 6.10 Å². The Morgan fingerprint density at radius 1 is 1.16 bits per heavy atom. The third kappa shape index (κ3) is 5.96. The Bertz CT molecular complexity index is 949. The van der Waals surface area contributed by atoms with Gasteiger partial charge in [-0.15, -0.1) is 0 Å². The second-order valence-corrected chi connectivity index (χ2v) is 9.14. The van der Waals surface area contributed by atoms with Crippen LogP contribution in [0.1, 0.15) is 55.4 Å². The number of aliphatic hydroxyl groups is 1. The number of β-amino-alcohol motifs (C(OH)–C–C–N with tert-alkyl or cyclic N) is 1. The molecule has 1 fully saturated rings. The molecule has 0 aromatic heterocycles. The number of likely N-dealkylation sites (tertiary alicyclic amines) is 1. The predicted octanol–water partition coefficient (Wildman–Crippen LogP) is 3.91. The number of hydrogen-bond donors (Lipinski definition) is 3. The highest BCUT2D eigenvalue weighted by Crippen LogP contribution is 2.28. The maximum absolute atomic E-state index is 11.5. The lowest BCUT2D eigenvalue weighted by molar-refractivity contribution is -0.116. The number of anilines is 2. The molecule has 6 nitrogen and oxygen atoms in total. The zero-order chi connectivity index (χ0) is 22.5. The minimum Gasteiger partial charge on any atom is -0.387 e. The number of nitrogens with zero attached hydrogens (tertiary/aromatic N) is 1. The van der Waals surface area contributed by atoms with Gasteiger partial charge in [-0.1, -0.05) is 24.3 Å². The molecule has 1 saturated heterocycles. The smallest absolute Gasteiger partial charge is 0.224 e. The summed E-state index contributed by atoms with van der Waals surface area (Å²) in [5, 5.41) is 16.5. The first kappa shape index (κ1) is 22.5. The third-order valence-electron chi connectivity index (χ3n) is 6.66. The van der Waals surface area contributed by atoms with Crippen LogP contribution in [0.25, 0.3) is 0 Å². The van der Waals surface area contributed by atoms with E-state index in [1.165, 1.54) is 18.9 Å². The van der Waals surface area contributed by atoms with Crippen LogP contribution in [0, 0.1) is 5.92 Å². The van der Waals surface area contributed by atoms with E-state index < -0.39 is 6.10 Å². The number of hydrogen-bond acceptors (Lipinski definition) is 4. The molecule has 0 bridgehead atoms. The van der Waals surface area contributed by atoms with Crippen LogP contribution < -0.4 is 10.6 Å². The number of aryl methyl sites for hydroxylation is 2. The van der Waals surface area contributed by atoms with Gasteiger partial charge in [-0.3, -0.25) is 9.59 Å². The molecule has 4 rings (SSSR count). The molecular formula is C26H33N3O3. The summed E-state index contributed by atoms with van der Waals surface area (Å²) in [6.45, 7) is 4.21. The Kier molecular flexibility index (Phi) is 7.22. The second kappa shape index (κ2) is 10.3. The van der Waals surface area contributed by atoms with Gasteiger partial charge in [0.1, 0.15) is 0 Å². The maximum Gasteiger partial charge on any atom is 0.224 e. The first-order valence-electron chi connectivity index (χ1n) is 11.7. The number of nitrogens with one attached hydrogen (secondary N) is 2. The molecule has 170 valence electrons. The summed E-state index contributed by atoms with van der Waals surface area (Å²) in [5.41, 5.74) is 5.08. The van der Waals surface area contributed by atoms with Crippen molar-refractivity contribution in [3.63, 3.8) is 0 Å². The van der Waals surface area contributed by atoms with Gasteiger partial charge in [-0.2, -0.15) is 0 Å². The molecule has 0 spiro atoms. The SMILES string of the molecule is CC(=O)Nc1ccc(CCC2CCN(CC(O)c3ccc4c(c3)CCC(=O)N4)CC2)cc1. The molecule has 1 unspecified atom stereocenters. The van der Waals surface area contributed by atoms with Crippen LogP contribution >= 0.6 is 0 Å². The number of amides is 2. The summed E-state index contributed by atoms with van der Waals surface area (Å²) in [6.07, 6.45) is 5.30. The number of aliphatic hydroxyl groups excluding tert-OH is 1. The molecule has 2 aromatic carbocycles. The fourth-order valence-electron chi connectivity index (χ4n) is 4.75. The zero-order valence-electron chi connectivity index (χ0n) is 18.8. The highest BCUT2D eigenvalue weighted by atomic mass is 16.3. The van der Waals surface area contributed by atoms with Crippen molar-refractivity contribution in [1.82, 2.24) is 4.90 Å². The van der Waals surface area contributed by atoms with Crippen molar-refractivity contribution in [2.45, 2.75) is 51.6 Å². The highest BCUT2D eigenvalue weighted by Gasteiger charge is 2.23. The van der Waals surface area contributed by atoms with Crippen LogP contribution in [0.2, 0.25) is 0 Å². The summed E-state index contributed by atoms with van der Waals surface area (Å²) in [6, 6.07) is 14.0. The molecule has 2 aliphatic heterocycles. The summed E-state index contributed by atoms with van der Waals surface area (Å²) >= 11 is 0. The quantitative estimate of drug-likeness (QED) is 0.616. The van der Waals surface area contributed by atoms with Crippen molar-refractivity contribution in [3.05, 3.63) is 59.2 Å². The van der Waals surface area contributed by atoms with Crippen molar-refractivity contribution in [1.29, 1.82) is 0 Å². The van der Waals surface area contributed by atoms with Gasteiger partial charge in [-0.05, 0) is 86.0 Å².